The Bertz CT molecular complexity index is 1140. The first-order chi connectivity index (χ1) is 15.2. The predicted octanol–water partition coefficient (Wildman–Crippen LogP) is 4.56. The van der Waals surface area contributed by atoms with E-state index in [4.69, 9.17) is 4.74 Å². The fraction of sp³-hybridized carbons (Fsp3) is 0.120. The topological polar surface area (TPSA) is 56.2 Å². The van der Waals surface area contributed by atoms with Crippen molar-refractivity contribution in [1.29, 1.82) is 0 Å². The minimum absolute atomic E-state index is 0.204. The highest BCUT2D eigenvalue weighted by atomic mass is 19.1. The van der Waals surface area contributed by atoms with Gasteiger partial charge in [0.2, 0.25) is 0 Å². The van der Waals surface area contributed by atoms with Crippen LogP contribution in [0.15, 0.2) is 91.3 Å². The van der Waals surface area contributed by atoms with Gasteiger partial charge in [0, 0.05) is 12.7 Å². The lowest BCUT2D eigenvalue weighted by molar-refractivity contribution is 0.0949. The predicted molar refractivity (Wildman–Crippen MR) is 117 cm³/mol. The Morgan fingerprint density at radius 3 is 2.48 bits per heavy atom. The lowest BCUT2D eigenvalue weighted by atomic mass is 10.1. The van der Waals surface area contributed by atoms with Crippen molar-refractivity contribution in [3.05, 3.63) is 114 Å². The smallest absolute Gasteiger partial charge is 0.255 e. The van der Waals surface area contributed by atoms with Crippen molar-refractivity contribution in [3.8, 4) is 11.4 Å². The summed E-state index contributed by atoms with van der Waals surface area (Å²) in [5, 5.41) is 7.31. The van der Waals surface area contributed by atoms with Crippen LogP contribution in [-0.4, -0.2) is 22.2 Å². The van der Waals surface area contributed by atoms with Crippen LogP contribution in [0.5, 0.6) is 5.75 Å². The number of hydrogen-bond acceptors (Lipinski definition) is 3. The monoisotopic (exact) mass is 415 g/mol. The van der Waals surface area contributed by atoms with Crippen LogP contribution in [0.2, 0.25) is 0 Å². The normalized spacial score (nSPS) is 10.6. The highest BCUT2D eigenvalue weighted by Crippen LogP contribution is 2.19. The molecule has 0 aliphatic carbocycles. The lowest BCUT2D eigenvalue weighted by Crippen LogP contribution is -2.26. The first kappa shape index (κ1) is 20.3. The molecule has 0 saturated heterocycles. The lowest BCUT2D eigenvalue weighted by Gasteiger charge is -2.11. The molecule has 0 radical (unpaired) electrons. The number of amides is 1. The maximum atomic E-state index is 13.0. The zero-order valence-corrected chi connectivity index (χ0v) is 16.9. The minimum atomic E-state index is -0.294. The van der Waals surface area contributed by atoms with E-state index in [1.54, 1.807) is 36.5 Å². The van der Waals surface area contributed by atoms with Crippen molar-refractivity contribution in [1.82, 2.24) is 15.1 Å². The number of carbonyl (C=O) groups excluding carboxylic acids is 1. The number of nitrogens with one attached hydrogen (secondary N) is 1. The molecule has 4 aromatic rings. The van der Waals surface area contributed by atoms with Gasteiger partial charge in [0.25, 0.3) is 5.91 Å². The molecule has 3 aromatic carbocycles. The number of ether oxygens (including phenoxy) is 1. The largest absolute Gasteiger partial charge is 0.488 e. The zero-order chi connectivity index (χ0) is 21.5. The van der Waals surface area contributed by atoms with E-state index in [-0.39, 0.29) is 18.3 Å². The first-order valence-electron chi connectivity index (χ1n) is 10.0. The van der Waals surface area contributed by atoms with Crippen LogP contribution in [0.3, 0.4) is 0 Å². The van der Waals surface area contributed by atoms with E-state index in [9.17, 15) is 9.18 Å². The first-order valence-corrected chi connectivity index (χ1v) is 10.0. The Balaban J connectivity index is 1.33. The third kappa shape index (κ3) is 5.36. The quantitative estimate of drug-likeness (QED) is 0.459. The molecule has 1 aromatic heterocycles. The molecule has 0 aliphatic rings. The van der Waals surface area contributed by atoms with Gasteiger partial charge in [-0.3, -0.25) is 4.79 Å². The van der Waals surface area contributed by atoms with Gasteiger partial charge in [0.1, 0.15) is 18.2 Å². The van der Waals surface area contributed by atoms with Gasteiger partial charge in [0.05, 0.1) is 17.4 Å². The fourth-order valence-corrected chi connectivity index (χ4v) is 3.15. The number of carbonyl (C=O) groups is 1. The SMILES string of the molecule is O=C(NCCc1cnn(-c2ccccc2)c1)c1ccccc1OCc1ccc(F)cc1. The van der Waals surface area contributed by atoms with Crippen molar-refractivity contribution < 1.29 is 13.9 Å². The number of benzene rings is 3. The second-order valence-corrected chi connectivity index (χ2v) is 7.05. The van der Waals surface area contributed by atoms with Gasteiger partial charge in [-0.2, -0.15) is 5.10 Å². The summed E-state index contributed by atoms with van der Waals surface area (Å²) in [5.74, 6) is -0.00998. The number of para-hydroxylation sites is 2. The molecule has 4 rings (SSSR count). The van der Waals surface area contributed by atoms with Gasteiger partial charge in [-0.05, 0) is 53.9 Å². The molecule has 6 heteroatoms. The van der Waals surface area contributed by atoms with Crippen molar-refractivity contribution in [2.75, 3.05) is 6.54 Å². The van der Waals surface area contributed by atoms with Gasteiger partial charge in [-0.25, -0.2) is 9.07 Å². The van der Waals surface area contributed by atoms with Crippen molar-refractivity contribution in [2.45, 2.75) is 13.0 Å². The summed E-state index contributed by atoms with van der Waals surface area (Å²) in [6.45, 7) is 0.731. The highest BCUT2D eigenvalue weighted by Gasteiger charge is 2.12. The van der Waals surface area contributed by atoms with Crippen molar-refractivity contribution in [3.63, 3.8) is 0 Å². The second kappa shape index (κ2) is 9.71. The molecule has 31 heavy (non-hydrogen) atoms. The minimum Gasteiger partial charge on any atom is -0.488 e. The van der Waals surface area contributed by atoms with E-state index in [0.717, 1.165) is 16.8 Å². The third-order valence-corrected chi connectivity index (χ3v) is 4.80. The van der Waals surface area contributed by atoms with Gasteiger partial charge >= 0.3 is 0 Å². The van der Waals surface area contributed by atoms with E-state index in [0.29, 0.717) is 24.3 Å². The maximum absolute atomic E-state index is 13.0. The molecule has 1 heterocycles. The van der Waals surface area contributed by atoms with Gasteiger partial charge in [0.15, 0.2) is 0 Å². The van der Waals surface area contributed by atoms with Crippen LogP contribution in [0.1, 0.15) is 21.5 Å². The Hall–Kier alpha value is -3.93. The Morgan fingerprint density at radius 2 is 1.68 bits per heavy atom. The summed E-state index contributed by atoms with van der Waals surface area (Å²) in [5.41, 5.74) is 3.31. The van der Waals surface area contributed by atoms with Crippen LogP contribution in [-0.2, 0) is 13.0 Å². The van der Waals surface area contributed by atoms with Crippen LogP contribution in [0.25, 0.3) is 5.69 Å². The molecule has 0 bridgehead atoms. The molecule has 0 aliphatic heterocycles. The molecule has 1 N–H and O–H groups in total. The summed E-state index contributed by atoms with van der Waals surface area (Å²) in [4.78, 5) is 12.7. The fourth-order valence-electron chi connectivity index (χ4n) is 3.15. The average Bonchev–Trinajstić information content (AvgIpc) is 3.28. The molecule has 0 unspecified atom stereocenters. The maximum Gasteiger partial charge on any atom is 0.255 e. The molecule has 156 valence electrons. The van der Waals surface area contributed by atoms with Crippen LogP contribution in [0.4, 0.5) is 4.39 Å². The van der Waals surface area contributed by atoms with Crippen molar-refractivity contribution >= 4 is 5.91 Å². The second-order valence-electron chi connectivity index (χ2n) is 7.05. The number of nitrogens with zero attached hydrogens (tertiary/aromatic N) is 2. The van der Waals surface area contributed by atoms with Gasteiger partial charge in [-0.15, -0.1) is 0 Å². The Kier molecular flexibility index (Phi) is 6.38. The summed E-state index contributed by atoms with van der Waals surface area (Å²) < 4.78 is 20.7. The molecule has 1 amide bonds. The number of hydrogen-bond donors (Lipinski definition) is 1. The standard InChI is InChI=1S/C25H22FN3O2/c26-21-12-10-19(11-13-21)18-31-24-9-5-4-8-23(24)25(30)27-15-14-20-16-28-29(17-20)22-6-2-1-3-7-22/h1-13,16-17H,14-15,18H2,(H,27,30). The molecule has 0 saturated carbocycles. The van der Waals surface area contributed by atoms with E-state index in [2.05, 4.69) is 10.4 Å². The van der Waals surface area contributed by atoms with Crippen LogP contribution in [0, 0.1) is 5.82 Å². The molecular formula is C25H22FN3O2. The average molecular weight is 415 g/mol. The Labute approximate surface area is 180 Å². The highest BCUT2D eigenvalue weighted by molar-refractivity contribution is 5.96. The molecular weight excluding hydrogens is 393 g/mol. The zero-order valence-electron chi connectivity index (χ0n) is 16.9. The third-order valence-electron chi connectivity index (χ3n) is 4.80. The molecule has 5 nitrogen and oxygen atoms in total. The van der Waals surface area contributed by atoms with Gasteiger partial charge < -0.3 is 10.1 Å². The number of halogens is 1. The Morgan fingerprint density at radius 1 is 0.935 bits per heavy atom. The van der Waals surface area contributed by atoms with Crippen molar-refractivity contribution in [2.24, 2.45) is 0 Å². The summed E-state index contributed by atoms with van der Waals surface area (Å²) >= 11 is 0. The van der Waals surface area contributed by atoms with Crippen LogP contribution >= 0.6 is 0 Å². The van der Waals surface area contributed by atoms with E-state index in [1.165, 1.54) is 12.1 Å². The molecule has 0 spiro atoms. The van der Waals surface area contributed by atoms with E-state index in [1.807, 2.05) is 47.3 Å². The van der Waals surface area contributed by atoms with E-state index < -0.39 is 0 Å². The number of rotatable bonds is 8. The number of aromatic nitrogens is 2. The van der Waals surface area contributed by atoms with Crippen LogP contribution < -0.4 is 10.1 Å². The van der Waals surface area contributed by atoms with Gasteiger partial charge in [-0.1, -0.05) is 42.5 Å². The molecule has 0 atom stereocenters. The van der Waals surface area contributed by atoms with E-state index >= 15 is 0 Å². The summed E-state index contributed by atoms with van der Waals surface area (Å²) in [6, 6.07) is 23.0. The summed E-state index contributed by atoms with van der Waals surface area (Å²) in [7, 11) is 0. The molecule has 0 fully saturated rings. The summed E-state index contributed by atoms with van der Waals surface area (Å²) in [6.07, 6.45) is 4.43.